The molecule has 1 aromatic carbocycles. The third kappa shape index (κ3) is 2.46. The molecule has 0 fully saturated rings. The van der Waals surface area contributed by atoms with Gasteiger partial charge in [-0.3, -0.25) is 0 Å². The van der Waals surface area contributed by atoms with Gasteiger partial charge < -0.3 is 0 Å². The van der Waals surface area contributed by atoms with Crippen molar-refractivity contribution in [2.45, 2.75) is 19.8 Å². The van der Waals surface area contributed by atoms with Gasteiger partial charge in [-0.1, -0.05) is 22.9 Å². The van der Waals surface area contributed by atoms with Crippen molar-refractivity contribution in [3.63, 3.8) is 0 Å². The molecule has 0 bridgehead atoms. The third-order valence-corrected chi connectivity index (χ3v) is 3.86. The average molecular weight is 409 g/mol. The molecular formula is C11H9Br3N2. The lowest BCUT2D eigenvalue weighted by atomic mass is 10.2. The van der Waals surface area contributed by atoms with Crippen LogP contribution in [0.5, 0.6) is 0 Å². The standard InChI is InChI=1S/C11H9Br3N2/c1-2-3-9-15-10-7(11(14)16-9)4-6(12)5-8(10)13/h4-5H,2-3H2,1H3. The number of hydrogen-bond acceptors (Lipinski definition) is 2. The van der Waals surface area contributed by atoms with Crippen molar-refractivity contribution >= 4 is 58.7 Å². The van der Waals surface area contributed by atoms with Crippen LogP contribution < -0.4 is 0 Å². The van der Waals surface area contributed by atoms with Crippen LogP contribution in [0.1, 0.15) is 19.2 Å². The summed E-state index contributed by atoms with van der Waals surface area (Å²) in [5.41, 5.74) is 0.952. The monoisotopic (exact) mass is 406 g/mol. The second kappa shape index (κ2) is 5.10. The minimum absolute atomic E-state index is 0.850. The summed E-state index contributed by atoms with van der Waals surface area (Å²) in [4.78, 5) is 8.99. The van der Waals surface area contributed by atoms with Crippen LogP contribution in [-0.2, 0) is 6.42 Å². The molecule has 0 amide bonds. The molecule has 2 rings (SSSR count). The van der Waals surface area contributed by atoms with Crippen LogP contribution in [0.25, 0.3) is 10.9 Å². The number of hydrogen-bond donors (Lipinski definition) is 0. The van der Waals surface area contributed by atoms with E-state index in [-0.39, 0.29) is 0 Å². The zero-order valence-corrected chi connectivity index (χ0v) is 13.4. The molecule has 0 saturated carbocycles. The van der Waals surface area contributed by atoms with Gasteiger partial charge in [0.1, 0.15) is 10.4 Å². The van der Waals surface area contributed by atoms with E-state index in [0.29, 0.717) is 0 Å². The van der Waals surface area contributed by atoms with E-state index >= 15 is 0 Å². The maximum Gasteiger partial charge on any atom is 0.130 e. The zero-order chi connectivity index (χ0) is 11.7. The fraction of sp³-hybridized carbons (Fsp3) is 0.273. The van der Waals surface area contributed by atoms with Crippen LogP contribution in [0.4, 0.5) is 0 Å². The molecule has 1 aromatic heterocycles. The third-order valence-electron chi connectivity index (χ3n) is 2.19. The maximum atomic E-state index is 4.56. The van der Waals surface area contributed by atoms with Crippen molar-refractivity contribution < 1.29 is 0 Å². The van der Waals surface area contributed by atoms with Gasteiger partial charge in [0.05, 0.1) is 5.52 Å². The van der Waals surface area contributed by atoms with Crippen LogP contribution in [-0.4, -0.2) is 9.97 Å². The molecule has 0 N–H and O–H groups in total. The highest BCUT2D eigenvalue weighted by Crippen LogP contribution is 2.30. The summed E-state index contributed by atoms with van der Waals surface area (Å²) in [7, 11) is 0. The van der Waals surface area contributed by atoms with E-state index in [1.807, 2.05) is 12.1 Å². The maximum absolute atomic E-state index is 4.56. The second-order valence-electron chi connectivity index (χ2n) is 3.46. The topological polar surface area (TPSA) is 25.8 Å². The molecular weight excluding hydrogens is 400 g/mol. The molecule has 16 heavy (non-hydrogen) atoms. The number of benzene rings is 1. The Hall–Kier alpha value is -0.000000000000000111. The highest BCUT2D eigenvalue weighted by atomic mass is 79.9. The summed E-state index contributed by atoms with van der Waals surface area (Å²) in [6.07, 6.45) is 1.95. The average Bonchev–Trinajstić information content (AvgIpc) is 2.20. The lowest BCUT2D eigenvalue weighted by Crippen LogP contribution is -1.96. The first-order chi connectivity index (χ1) is 7.61. The summed E-state index contributed by atoms with van der Waals surface area (Å²) in [6, 6.07) is 4.01. The number of halogens is 3. The van der Waals surface area contributed by atoms with Crippen LogP contribution in [0.3, 0.4) is 0 Å². The van der Waals surface area contributed by atoms with E-state index in [2.05, 4.69) is 64.7 Å². The summed E-state index contributed by atoms with van der Waals surface area (Å²) in [5, 5.41) is 1.01. The van der Waals surface area contributed by atoms with Crippen LogP contribution in [0.2, 0.25) is 0 Å². The van der Waals surface area contributed by atoms with Gasteiger partial charge in [0.15, 0.2) is 0 Å². The molecule has 84 valence electrons. The highest BCUT2D eigenvalue weighted by molar-refractivity contribution is 9.11. The lowest BCUT2D eigenvalue weighted by Gasteiger charge is -2.06. The molecule has 0 radical (unpaired) electrons. The van der Waals surface area contributed by atoms with Crippen LogP contribution in [0.15, 0.2) is 25.7 Å². The van der Waals surface area contributed by atoms with E-state index in [4.69, 9.17) is 0 Å². The minimum Gasteiger partial charge on any atom is -0.232 e. The molecule has 0 saturated heterocycles. The summed E-state index contributed by atoms with van der Waals surface area (Å²) < 4.78 is 2.85. The number of aryl methyl sites for hydroxylation is 1. The van der Waals surface area contributed by atoms with Crippen molar-refractivity contribution in [1.82, 2.24) is 9.97 Å². The Morgan fingerprint density at radius 1 is 1.12 bits per heavy atom. The fourth-order valence-corrected chi connectivity index (χ4v) is 3.32. The van der Waals surface area contributed by atoms with Crippen molar-refractivity contribution in [2.24, 2.45) is 0 Å². The zero-order valence-electron chi connectivity index (χ0n) is 8.60. The minimum atomic E-state index is 0.850. The Bertz CT molecular complexity index is 540. The van der Waals surface area contributed by atoms with Gasteiger partial charge in [-0.05, 0) is 50.4 Å². The highest BCUT2D eigenvalue weighted by Gasteiger charge is 2.09. The quantitative estimate of drug-likeness (QED) is 0.662. The first-order valence-corrected chi connectivity index (χ1v) is 7.31. The molecule has 1 heterocycles. The number of aromatic nitrogens is 2. The second-order valence-corrected chi connectivity index (χ2v) is 5.99. The molecule has 0 aliphatic heterocycles. The molecule has 0 aliphatic carbocycles. The van der Waals surface area contributed by atoms with Gasteiger partial charge >= 0.3 is 0 Å². The smallest absolute Gasteiger partial charge is 0.130 e. The SMILES string of the molecule is CCCc1nc(Br)c2cc(Br)cc(Br)c2n1. The van der Waals surface area contributed by atoms with Crippen LogP contribution in [0, 0.1) is 0 Å². The Morgan fingerprint density at radius 3 is 2.56 bits per heavy atom. The summed E-state index contributed by atoms with van der Waals surface area (Å²) >= 11 is 10.5. The van der Waals surface area contributed by atoms with Gasteiger partial charge in [-0.25, -0.2) is 9.97 Å². The molecule has 0 spiro atoms. The molecule has 0 aliphatic rings. The van der Waals surface area contributed by atoms with E-state index in [1.54, 1.807) is 0 Å². The molecule has 2 aromatic rings. The Morgan fingerprint density at radius 2 is 1.88 bits per heavy atom. The van der Waals surface area contributed by atoms with Gasteiger partial charge in [0.2, 0.25) is 0 Å². The summed E-state index contributed by atoms with van der Waals surface area (Å²) in [6.45, 7) is 2.12. The van der Waals surface area contributed by atoms with Crippen molar-refractivity contribution in [1.29, 1.82) is 0 Å². The van der Waals surface area contributed by atoms with Crippen molar-refractivity contribution in [2.75, 3.05) is 0 Å². The Kier molecular flexibility index (Phi) is 3.97. The normalized spacial score (nSPS) is 11.0. The Labute approximate surface area is 119 Å². The first kappa shape index (κ1) is 12.5. The fourth-order valence-electron chi connectivity index (χ4n) is 1.50. The van der Waals surface area contributed by atoms with Gasteiger partial charge in [0, 0.05) is 20.8 Å². The Balaban J connectivity index is 2.71. The number of rotatable bonds is 2. The lowest BCUT2D eigenvalue weighted by molar-refractivity contribution is 0.839. The molecule has 5 heteroatoms. The predicted octanol–water partition coefficient (Wildman–Crippen LogP) is 4.87. The van der Waals surface area contributed by atoms with Gasteiger partial charge in [-0.2, -0.15) is 0 Å². The van der Waals surface area contributed by atoms with E-state index < -0.39 is 0 Å². The summed E-state index contributed by atoms with van der Waals surface area (Å²) in [5.74, 6) is 0.880. The van der Waals surface area contributed by atoms with E-state index in [1.165, 1.54) is 0 Å². The largest absolute Gasteiger partial charge is 0.232 e. The van der Waals surface area contributed by atoms with Gasteiger partial charge in [0.25, 0.3) is 0 Å². The molecule has 2 nitrogen and oxygen atoms in total. The van der Waals surface area contributed by atoms with Crippen LogP contribution >= 0.6 is 47.8 Å². The predicted molar refractivity (Wildman–Crippen MR) is 76.6 cm³/mol. The van der Waals surface area contributed by atoms with Crippen molar-refractivity contribution in [3.8, 4) is 0 Å². The first-order valence-electron chi connectivity index (χ1n) is 4.93. The number of fused-ring (bicyclic) bond motifs is 1. The van der Waals surface area contributed by atoms with Crippen molar-refractivity contribution in [3.05, 3.63) is 31.5 Å². The number of nitrogens with zero attached hydrogens (tertiary/aromatic N) is 2. The van der Waals surface area contributed by atoms with Gasteiger partial charge in [-0.15, -0.1) is 0 Å². The molecule has 0 unspecified atom stereocenters. The molecule has 0 atom stereocenters. The van der Waals surface area contributed by atoms with E-state index in [0.717, 1.165) is 43.1 Å². The van der Waals surface area contributed by atoms with E-state index in [9.17, 15) is 0 Å².